The van der Waals surface area contributed by atoms with Gasteiger partial charge in [-0.1, -0.05) is 18.2 Å². The molecule has 1 aromatic rings. The Bertz CT molecular complexity index is 462. The molecule has 5 nitrogen and oxygen atoms in total. The molecule has 0 unspecified atom stereocenters. The number of carboxylic acids is 1. The highest BCUT2D eigenvalue weighted by Crippen LogP contribution is 2.14. The molecular formula is C12H11NO4. The number of rotatable bonds is 5. The molecule has 0 amide bonds. The molecular weight excluding hydrogens is 222 g/mol. The van der Waals surface area contributed by atoms with Crippen LogP contribution in [0.25, 0.3) is 4.85 Å². The van der Waals surface area contributed by atoms with Gasteiger partial charge >= 0.3 is 11.9 Å². The van der Waals surface area contributed by atoms with Gasteiger partial charge in [0.05, 0.1) is 13.2 Å². The minimum atomic E-state index is -0.920. The van der Waals surface area contributed by atoms with E-state index in [4.69, 9.17) is 16.4 Å². The average Bonchev–Trinajstić information content (AvgIpc) is 2.34. The van der Waals surface area contributed by atoms with Crippen molar-refractivity contribution in [3.63, 3.8) is 0 Å². The summed E-state index contributed by atoms with van der Waals surface area (Å²) in [6.07, 6.45) is 0.249. The summed E-state index contributed by atoms with van der Waals surface area (Å²) in [6, 6.07) is 6.18. The normalized spacial score (nSPS) is 9.35. The zero-order valence-electron chi connectivity index (χ0n) is 9.05. The third-order valence-electron chi connectivity index (χ3n) is 1.98. The van der Waals surface area contributed by atoms with Crippen molar-refractivity contribution in [1.29, 1.82) is 0 Å². The molecule has 0 saturated heterocycles. The van der Waals surface area contributed by atoms with E-state index in [1.807, 2.05) is 0 Å². The fourth-order valence-corrected chi connectivity index (χ4v) is 1.17. The summed E-state index contributed by atoms with van der Waals surface area (Å²) in [5, 5.41) is 8.39. The molecule has 0 aliphatic rings. The fraction of sp³-hybridized carbons (Fsp3) is 0.250. The predicted molar refractivity (Wildman–Crippen MR) is 59.9 cm³/mol. The summed E-state index contributed by atoms with van der Waals surface area (Å²) < 4.78 is 4.87. The molecule has 0 radical (unpaired) electrons. The number of carbonyl (C=O) groups excluding carboxylic acids is 1. The van der Waals surface area contributed by atoms with Gasteiger partial charge in [-0.3, -0.25) is 4.79 Å². The maximum atomic E-state index is 11.5. The SMILES string of the molecule is [C-]#[N+]c1cccc(C(=O)OCCCC(=O)O)c1. The van der Waals surface area contributed by atoms with Gasteiger partial charge in [0.2, 0.25) is 0 Å². The quantitative estimate of drug-likeness (QED) is 0.481. The lowest BCUT2D eigenvalue weighted by molar-refractivity contribution is -0.137. The summed E-state index contributed by atoms with van der Waals surface area (Å²) >= 11 is 0. The lowest BCUT2D eigenvalue weighted by atomic mass is 10.2. The van der Waals surface area contributed by atoms with Crippen LogP contribution in [0.5, 0.6) is 0 Å². The lowest BCUT2D eigenvalue weighted by Gasteiger charge is -2.03. The van der Waals surface area contributed by atoms with Crippen LogP contribution in [0, 0.1) is 6.57 Å². The van der Waals surface area contributed by atoms with Gasteiger partial charge in [0.15, 0.2) is 5.69 Å². The van der Waals surface area contributed by atoms with Gasteiger partial charge in [-0.25, -0.2) is 9.64 Å². The molecule has 0 aliphatic carbocycles. The van der Waals surface area contributed by atoms with Crippen LogP contribution in [-0.4, -0.2) is 23.7 Å². The van der Waals surface area contributed by atoms with Crippen LogP contribution >= 0.6 is 0 Å². The monoisotopic (exact) mass is 233 g/mol. The Balaban J connectivity index is 2.47. The summed E-state index contributed by atoms with van der Waals surface area (Å²) in [4.78, 5) is 24.9. The van der Waals surface area contributed by atoms with Crippen molar-refractivity contribution in [1.82, 2.24) is 0 Å². The Hall–Kier alpha value is -2.35. The summed E-state index contributed by atoms with van der Waals surface area (Å²) in [6.45, 7) is 6.87. The number of aliphatic carboxylic acids is 1. The molecule has 1 aromatic carbocycles. The van der Waals surface area contributed by atoms with E-state index in [1.54, 1.807) is 18.2 Å². The van der Waals surface area contributed by atoms with Gasteiger partial charge in [-0.2, -0.15) is 0 Å². The molecule has 0 bridgehead atoms. The van der Waals surface area contributed by atoms with Crippen molar-refractivity contribution >= 4 is 17.6 Å². The molecule has 1 N–H and O–H groups in total. The molecule has 0 atom stereocenters. The van der Waals surface area contributed by atoms with Crippen molar-refractivity contribution in [2.24, 2.45) is 0 Å². The summed E-state index contributed by atoms with van der Waals surface area (Å²) in [5.41, 5.74) is 0.666. The van der Waals surface area contributed by atoms with Gasteiger partial charge in [0, 0.05) is 12.0 Å². The molecule has 17 heavy (non-hydrogen) atoms. The number of benzene rings is 1. The summed E-state index contributed by atoms with van der Waals surface area (Å²) in [5.74, 6) is -1.46. The van der Waals surface area contributed by atoms with Gasteiger partial charge < -0.3 is 9.84 Å². The van der Waals surface area contributed by atoms with Crippen molar-refractivity contribution in [2.45, 2.75) is 12.8 Å². The van der Waals surface area contributed by atoms with Crippen LogP contribution in [0.2, 0.25) is 0 Å². The highest BCUT2D eigenvalue weighted by atomic mass is 16.5. The van der Waals surface area contributed by atoms with Gasteiger partial charge in [0.1, 0.15) is 0 Å². The Kier molecular flexibility index (Phi) is 4.70. The van der Waals surface area contributed by atoms with E-state index in [0.29, 0.717) is 11.3 Å². The second-order valence-corrected chi connectivity index (χ2v) is 3.30. The topological polar surface area (TPSA) is 68.0 Å². The van der Waals surface area contributed by atoms with Crippen molar-refractivity contribution in [3.8, 4) is 0 Å². The maximum absolute atomic E-state index is 11.5. The first kappa shape index (κ1) is 12.7. The molecule has 0 spiro atoms. The van der Waals surface area contributed by atoms with Crippen LogP contribution < -0.4 is 0 Å². The fourth-order valence-electron chi connectivity index (χ4n) is 1.17. The molecule has 88 valence electrons. The number of hydrogen-bond acceptors (Lipinski definition) is 3. The Labute approximate surface area is 98.5 Å². The third-order valence-corrected chi connectivity index (χ3v) is 1.98. The average molecular weight is 233 g/mol. The molecule has 5 heteroatoms. The molecule has 0 aromatic heterocycles. The lowest BCUT2D eigenvalue weighted by Crippen LogP contribution is -2.07. The van der Waals surface area contributed by atoms with E-state index < -0.39 is 11.9 Å². The Morgan fingerprint density at radius 2 is 2.18 bits per heavy atom. The van der Waals surface area contributed by atoms with Crippen LogP contribution in [0.3, 0.4) is 0 Å². The van der Waals surface area contributed by atoms with Crippen LogP contribution in [0.4, 0.5) is 5.69 Å². The zero-order chi connectivity index (χ0) is 12.7. The predicted octanol–water partition coefficient (Wildman–Crippen LogP) is 2.26. The first-order valence-corrected chi connectivity index (χ1v) is 5.00. The Morgan fingerprint density at radius 3 is 2.82 bits per heavy atom. The molecule has 0 aliphatic heterocycles. The van der Waals surface area contributed by atoms with E-state index in [2.05, 4.69) is 4.85 Å². The molecule has 1 rings (SSSR count). The minimum absolute atomic E-state index is 0.0324. The van der Waals surface area contributed by atoms with Gasteiger partial charge in [-0.05, 0) is 12.5 Å². The Morgan fingerprint density at radius 1 is 1.41 bits per heavy atom. The van der Waals surface area contributed by atoms with E-state index in [-0.39, 0.29) is 19.4 Å². The van der Waals surface area contributed by atoms with E-state index in [9.17, 15) is 9.59 Å². The summed E-state index contributed by atoms with van der Waals surface area (Å²) in [7, 11) is 0. The maximum Gasteiger partial charge on any atom is 0.336 e. The van der Waals surface area contributed by atoms with Gasteiger partial charge in [-0.15, -0.1) is 0 Å². The number of esters is 1. The highest BCUT2D eigenvalue weighted by molar-refractivity contribution is 5.90. The molecule has 0 fully saturated rings. The highest BCUT2D eigenvalue weighted by Gasteiger charge is 2.07. The second-order valence-electron chi connectivity index (χ2n) is 3.30. The number of nitrogens with zero attached hydrogens (tertiary/aromatic N) is 1. The molecule has 0 heterocycles. The number of hydrogen-bond donors (Lipinski definition) is 1. The number of carboxylic acid groups (broad SMARTS) is 1. The first-order chi connectivity index (χ1) is 8.13. The second kappa shape index (κ2) is 6.28. The van der Waals surface area contributed by atoms with Crippen molar-refractivity contribution in [2.75, 3.05) is 6.61 Å². The van der Waals surface area contributed by atoms with Crippen LogP contribution in [-0.2, 0) is 9.53 Å². The van der Waals surface area contributed by atoms with Crippen LogP contribution in [0.1, 0.15) is 23.2 Å². The number of ether oxygens (including phenoxy) is 1. The van der Waals surface area contributed by atoms with E-state index >= 15 is 0 Å². The standard InChI is InChI=1S/C12H11NO4/c1-13-10-5-2-4-9(8-10)12(16)17-7-3-6-11(14)15/h2,4-5,8H,3,6-7H2,(H,14,15). The van der Waals surface area contributed by atoms with Gasteiger partial charge in [0.25, 0.3) is 0 Å². The van der Waals surface area contributed by atoms with Crippen molar-refractivity contribution < 1.29 is 19.4 Å². The van der Waals surface area contributed by atoms with E-state index in [0.717, 1.165) is 0 Å². The third kappa shape index (κ3) is 4.34. The smallest absolute Gasteiger partial charge is 0.336 e. The number of carbonyl (C=O) groups is 2. The van der Waals surface area contributed by atoms with E-state index in [1.165, 1.54) is 6.07 Å². The van der Waals surface area contributed by atoms with Crippen LogP contribution in [0.15, 0.2) is 24.3 Å². The largest absolute Gasteiger partial charge is 0.481 e. The van der Waals surface area contributed by atoms with Crippen molar-refractivity contribution in [3.05, 3.63) is 41.2 Å². The zero-order valence-corrected chi connectivity index (χ0v) is 9.05. The first-order valence-electron chi connectivity index (χ1n) is 5.00. The molecule has 0 saturated carbocycles. The minimum Gasteiger partial charge on any atom is -0.481 e.